The second-order valence-corrected chi connectivity index (χ2v) is 4.26. The molecule has 1 aromatic rings. The van der Waals surface area contributed by atoms with E-state index in [0.717, 1.165) is 25.1 Å². The van der Waals surface area contributed by atoms with Crippen molar-refractivity contribution in [1.82, 2.24) is 5.32 Å². The number of benzene rings is 1. The van der Waals surface area contributed by atoms with Gasteiger partial charge in [-0.2, -0.15) is 0 Å². The maximum atomic E-state index is 11.9. The molecule has 0 aromatic heterocycles. The van der Waals surface area contributed by atoms with Gasteiger partial charge in [-0.3, -0.25) is 4.79 Å². The van der Waals surface area contributed by atoms with Crippen LogP contribution < -0.4 is 10.6 Å². The molecule has 2 rings (SSSR count). The van der Waals surface area contributed by atoms with E-state index in [2.05, 4.69) is 16.6 Å². The van der Waals surface area contributed by atoms with E-state index < -0.39 is 0 Å². The van der Waals surface area contributed by atoms with Crippen LogP contribution >= 0.6 is 0 Å². The Balaban J connectivity index is 2.17. The van der Waals surface area contributed by atoms with Crippen molar-refractivity contribution in [3.8, 4) is 12.3 Å². The number of amides is 1. The van der Waals surface area contributed by atoms with E-state index in [4.69, 9.17) is 6.42 Å². The van der Waals surface area contributed by atoms with Gasteiger partial charge >= 0.3 is 0 Å². The highest BCUT2D eigenvalue weighted by molar-refractivity contribution is 5.95. The summed E-state index contributed by atoms with van der Waals surface area (Å²) >= 11 is 0. The number of nitrogens with one attached hydrogen (secondary N) is 2. The zero-order chi connectivity index (χ0) is 12.3. The Kier molecular flexibility index (Phi) is 3.34. The van der Waals surface area contributed by atoms with Crippen LogP contribution in [0.1, 0.15) is 29.3 Å². The summed E-state index contributed by atoms with van der Waals surface area (Å²) in [7, 11) is 0. The third kappa shape index (κ3) is 2.59. The predicted molar refractivity (Wildman–Crippen MR) is 69.0 cm³/mol. The van der Waals surface area contributed by atoms with Crippen LogP contribution in [0.3, 0.4) is 0 Å². The number of hydrogen-bond donors (Lipinski definition) is 2. The fourth-order valence-corrected chi connectivity index (χ4v) is 1.94. The Morgan fingerprint density at radius 1 is 1.59 bits per heavy atom. The van der Waals surface area contributed by atoms with Crippen LogP contribution in [0.15, 0.2) is 18.2 Å². The molecule has 1 aliphatic heterocycles. The molecular weight excluding hydrogens is 212 g/mol. The van der Waals surface area contributed by atoms with Gasteiger partial charge in [-0.05, 0) is 43.5 Å². The van der Waals surface area contributed by atoms with E-state index in [-0.39, 0.29) is 11.9 Å². The molecule has 1 unspecified atom stereocenters. The van der Waals surface area contributed by atoms with Crippen molar-refractivity contribution in [3.05, 3.63) is 29.3 Å². The first kappa shape index (κ1) is 11.5. The summed E-state index contributed by atoms with van der Waals surface area (Å²) in [6, 6.07) is 5.50. The summed E-state index contributed by atoms with van der Waals surface area (Å²) < 4.78 is 0. The quantitative estimate of drug-likeness (QED) is 0.758. The van der Waals surface area contributed by atoms with Gasteiger partial charge in [-0.25, -0.2) is 0 Å². The van der Waals surface area contributed by atoms with E-state index in [0.29, 0.717) is 5.56 Å². The van der Waals surface area contributed by atoms with E-state index in [1.165, 1.54) is 5.56 Å². The highest BCUT2D eigenvalue weighted by Gasteiger charge is 2.13. The maximum Gasteiger partial charge on any atom is 0.252 e. The van der Waals surface area contributed by atoms with Gasteiger partial charge in [0, 0.05) is 17.8 Å². The topological polar surface area (TPSA) is 41.1 Å². The zero-order valence-electron chi connectivity index (χ0n) is 9.92. The molecular formula is C14H16N2O. The lowest BCUT2D eigenvalue weighted by atomic mass is 10.0. The van der Waals surface area contributed by atoms with Crippen LogP contribution in [-0.2, 0) is 6.42 Å². The third-order valence-electron chi connectivity index (χ3n) is 2.90. The van der Waals surface area contributed by atoms with Gasteiger partial charge in [0.25, 0.3) is 5.91 Å². The van der Waals surface area contributed by atoms with Crippen molar-refractivity contribution in [2.24, 2.45) is 0 Å². The summed E-state index contributed by atoms with van der Waals surface area (Å²) in [6.07, 6.45) is 7.37. The molecule has 0 saturated heterocycles. The SMILES string of the molecule is C#CC(C)NC(=O)c1ccc2c(c1)CCCN2. The summed E-state index contributed by atoms with van der Waals surface area (Å²) in [6.45, 7) is 2.80. The summed E-state index contributed by atoms with van der Waals surface area (Å²) in [5.41, 5.74) is 3.02. The first-order valence-electron chi connectivity index (χ1n) is 5.84. The molecule has 1 heterocycles. The number of terminal acetylenes is 1. The Labute approximate surface area is 102 Å². The van der Waals surface area contributed by atoms with Crippen LogP contribution in [0.2, 0.25) is 0 Å². The Bertz CT molecular complexity index is 474. The number of hydrogen-bond acceptors (Lipinski definition) is 2. The molecule has 0 aliphatic carbocycles. The van der Waals surface area contributed by atoms with Gasteiger partial charge in [-0.1, -0.05) is 5.92 Å². The van der Waals surface area contributed by atoms with Crippen molar-refractivity contribution in [1.29, 1.82) is 0 Å². The van der Waals surface area contributed by atoms with Crippen LogP contribution in [0.25, 0.3) is 0 Å². The summed E-state index contributed by atoms with van der Waals surface area (Å²) in [5.74, 6) is 2.38. The molecule has 1 atom stereocenters. The third-order valence-corrected chi connectivity index (χ3v) is 2.90. The molecule has 3 nitrogen and oxygen atoms in total. The first-order valence-corrected chi connectivity index (χ1v) is 5.84. The molecule has 0 saturated carbocycles. The van der Waals surface area contributed by atoms with Crippen molar-refractivity contribution in [3.63, 3.8) is 0 Å². The maximum absolute atomic E-state index is 11.9. The van der Waals surface area contributed by atoms with Crippen molar-refractivity contribution in [2.45, 2.75) is 25.8 Å². The van der Waals surface area contributed by atoms with E-state index in [9.17, 15) is 4.79 Å². The average molecular weight is 228 g/mol. The Hall–Kier alpha value is -1.95. The zero-order valence-corrected chi connectivity index (χ0v) is 9.92. The van der Waals surface area contributed by atoms with Gasteiger partial charge < -0.3 is 10.6 Å². The number of carbonyl (C=O) groups excluding carboxylic acids is 1. The lowest BCUT2D eigenvalue weighted by molar-refractivity contribution is 0.0948. The minimum Gasteiger partial charge on any atom is -0.385 e. The van der Waals surface area contributed by atoms with Crippen LogP contribution in [0, 0.1) is 12.3 Å². The van der Waals surface area contributed by atoms with Gasteiger partial charge in [0.1, 0.15) is 0 Å². The van der Waals surface area contributed by atoms with Crippen molar-refractivity contribution >= 4 is 11.6 Å². The molecule has 1 amide bonds. The standard InChI is InChI=1S/C14H16N2O/c1-3-10(2)16-14(17)12-6-7-13-11(9-12)5-4-8-15-13/h1,6-7,9-10,15H,4-5,8H2,2H3,(H,16,17). The van der Waals surface area contributed by atoms with Crippen LogP contribution in [-0.4, -0.2) is 18.5 Å². The highest BCUT2D eigenvalue weighted by atomic mass is 16.1. The Morgan fingerprint density at radius 2 is 2.41 bits per heavy atom. The smallest absolute Gasteiger partial charge is 0.252 e. The molecule has 1 aromatic carbocycles. The number of rotatable bonds is 2. The lowest BCUT2D eigenvalue weighted by Crippen LogP contribution is -2.31. The van der Waals surface area contributed by atoms with Gasteiger partial charge in [0.2, 0.25) is 0 Å². The fourth-order valence-electron chi connectivity index (χ4n) is 1.94. The minimum atomic E-state index is -0.239. The molecule has 0 fully saturated rings. The van der Waals surface area contributed by atoms with Gasteiger partial charge in [0.15, 0.2) is 0 Å². The largest absolute Gasteiger partial charge is 0.385 e. The fraction of sp³-hybridized carbons (Fsp3) is 0.357. The average Bonchev–Trinajstić information content (AvgIpc) is 2.38. The number of aryl methyl sites for hydroxylation is 1. The van der Waals surface area contributed by atoms with Crippen LogP contribution in [0.5, 0.6) is 0 Å². The number of carbonyl (C=O) groups is 1. The Morgan fingerprint density at radius 3 is 3.18 bits per heavy atom. The predicted octanol–water partition coefficient (Wildman–Crippen LogP) is 1.80. The van der Waals surface area contributed by atoms with E-state index >= 15 is 0 Å². The second-order valence-electron chi connectivity index (χ2n) is 4.26. The van der Waals surface area contributed by atoms with Crippen molar-refractivity contribution < 1.29 is 4.79 Å². The normalized spacial score (nSPS) is 15.1. The summed E-state index contributed by atoms with van der Waals surface area (Å²) in [5, 5.41) is 6.07. The van der Waals surface area contributed by atoms with Crippen LogP contribution in [0.4, 0.5) is 5.69 Å². The summed E-state index contributed by atoms with van der Waals surface area (Å²) in [4.78, 5) is 11.9. The molecule has 0 spiro atoms. The molecule has 88 valence electrons. The van der Waals surface area contributed by atoms with E-state index in [1.54, 1.807) is 6.92 Å². The highest BCUT2D eigenvalue weighted by Crippen LogP contribution is 2.22. The van der Waals surface area contributed by atoms with Gasteiger partial charge in [-0.15, -0.1) is 6.42 Å². The van der Waals surface area contributed by atoms with E-state index in [1.807, 2.05) is 18.2 Å². The number of fused-ring (bicyclic) bond motifs is 1. The minimum absolute atomic E-state index is 0.108. The van der Waals surface area contributed by atoms with Gasteiger partial charge in [0.05, 0.1) is 6.04 Å². The molecule has 17 heavy (non-hydrogen) atoms. The monoisotopic (exact) mass is 228 g/mol. The molecule has 2 N–H and O–H groups in total. The molecule has 1 aliphatic rings. The van der Waals surface area contributed by atoms with Crippen molar-refractivity contribution in [2.75, 3.05) is 11.9 Å². The molecule has 0 radical (unpaired) electrons. The second kappa shape index (κ2) is 4.92. The number of anilines is 1. The lowest BCUT2D eigenvalue weighted by Gasteiger charge is -2.18. The molecule has 0 bridgehead atoms. The first-order chi connectivity index (χ1) is 8.20. The molecule has 3 heteroatoms.